The van der Waals surface area contributed by atoms with Crippen molar-refractivity contribution in [2.45, 2.75) is 322 Å². The number of esters is 3. The Morgan fingerprint density at radius 3 is 0.877 bits per heavy atom. The Labute approximate surface area is 404 Å². The molecule has 0 saturated carbocycles. The number of allylic oxidation sites excluding steroid dienone is 4. The predicted octanol–water partition coefficient (Wildman–Crippen LogP) is 19.1. The van der Waals surface area contributed by atoms with Gasteiger partial charge in [-0.25, -0.2) is 0 Å². The van der Waals surface area contributed by atoms with E-state index in [0.29, 0.717) is 19.3 Å². The second-order valence-electron chi connectivity index (χ2n) is 19.6. The highest BCUT2D eigenvalue weighted by Gasteiger charge is 2.19. The molecule has 6 nitrogen and oxygen atoms in total. The normalized spacial score (nSPS) is 12.1. The number of rotatable bonds is 53. The van der Waals surface area contributed by atoms with Crippen molar-refractivity contribution in [2.75, 3.05) is 13.2 Å². The number of hydrogen-bond acceptors (Lipinski definition) is 6. The van der Waals surface area contributed by atoms with Gasteiger partial charge in [0.25, 0.3) is 0 Å². The van der Waals surface area contributed by atoms with Crippen molar-refractivity contribution < 1.29 is 28.6 Å². The lowest BCUT2D eigenvalue weighted by atomic mass is 10.0. The fraction of sp³-hybridized carbons (Fsp3) is 0.881. The van der Waals surface area contributed by atoms with Gasteiger partial charge in [0.2, 0.25) is 0 Å². The standard InChI is InChI=1S/C59H110O6/c1-4-7-10-13-16-19-22-25-27-28-29-30-32-34-37-40-43-46-49-52-58(61)64-55-56(54-63-57(60)51-48-45-42-39-36-33-24-21-18-15-12-9-6-3)65-59(62)53-50-47-44-41-38-35-31-26-23-20-17-14-11-8-5-2/h17,20,26,31,56H,4-16,18-19,21-25,27-30,32-55H2,1-3H3/b20-17-,31-26-/t56-/m0/s1. The van der Waals surface area contributed by atoms with Crippen LogP contribution in [0.15, 0.2) is 24.3 Å². The molecule has 0 aliphatic rings. The largest absolute Gasteiger partial charge is 0.462 e. The summed E-state index contributed by atoms with van der Waals surface area (Å²) in [5.74, 6) is -0.864. The first-order chi connectivity index (χ1) is 32.0. The van der Waals surface area contributed by atoms with Gasteiger partial charge >= 0.3 is 17.9 Å². The molecule has 0 radical (unpaired) electrons. The summed E-state index contributed by atoms with van der Waals surface area (Å²) in [5, 5.41) is 0. The topological polar surface area (TPSA) is 78.9 Å². The molecular weight excluding hydrogens is 805 g/mol. The van der Waals surface area contributed by atoms with E-state index in [-0.39, 0.29) is 31.1 Å². The van der Waals surface area contributed by atoms with E-state index in [9.17, 15) is 14.4 Å². The second-order valence-corrected chi connectivity index (χ2v) is 19.6. The van der Waals surface area contributed by atoms with Crippen LogP contribution in [0.1, 0.15) is 316 Å². The lowest BCUT2D eigenvalue weighted by Gasteiger charge is -2.18. The van der Waals surface area contributed by atoms with Gasteiger partial charge < -0.3 is 14.2 Å². The van der Waals surface area contributed by atoms with Gasteiger partial charge in [-0.05, 0) is 51.4 Å². The molecule has 0 aromatic heterocycles. The maximum atomic E-state index is 12.8. The van der Waals surface area contributed by atoms with Gasteiger partial charge in [0, 0.05) is 19.3 Å². The van der Waals surface area contributed by atoms with Crippen LogP contribution in [0.2, 0.25) is 0 Å². The maximum Gasteiger partial charge on any atom is 0.306 e. The SMILES string of the molecule is CCCCC/C=C\C/C=C\CCCCCCCC(=O)O[C@@H](COC(=O)CCCCCCCCCCCCCCC)COC(=O)CCCCCCCCCCCCCCCCCCCCC. The van der Waals surface area contributed by atoms with Gasteiger partial charge in [-0.2, -0.15) is 0 Å². The molecule has 0 aromatic carbocycles. The number of unbranched alkanes of at least 4 members (excludes halogenated alkanes) is 38. The molecule has 0 unspecified atom stereocenters. The van der Waals surface area contributed by atoms with E-state index in [4.69, 9.17) is 14.2 Å². The Hall–Kier alpha value is -2.11. The van der Waals surface area contributed by atoms with Crippen LogP contribution in [-0.2, 0) is 28.6 Å². The Kier molecular flexibility index (Phi) is 52.7. The molecule has 0 saturated heterocycles. The molecule has 1 atom stereocenters. The van der Waals surface area contributed by atoms with Crippen molar-refractivity contribution in [3.8, 4) is 0 Å². The highest BCUT2D eigenvalue weighted by molar-refractivity contribution is 5.71. The monoisotopic (exact) mass is 915 g/mol. The first-order valence-electron chi connectivity index (χ1n) is 28.8. The van der Waals surface area contributed by atoms with E-state index in [1.807, 2.05) is 0 Å². The smallest absolute Gasteiger partial charge is 0.306 e. The average molecular weight is 916 g/mol. The summed E-state index contributed by atoms with van der Waals surface area (Å²) in [6.45, 7) is 6.65. The average Bonchev–Trinajstić information content (AvgIpc) is 3.30. The zero-order valence-electron chi connectivity index (χ0n) is 43.8. The number of hydrogen-bond donors (Lipinski definition) is 0. The lowest BCUT2D eigenvalue weighted by Crippen LogP contribution is -2.30. The molecule has 382 valence electrons. The van der Waals surface area contributed by atoms with Crippen LogP contribution >= 0.6 is 0 Å². The highest BCUT2D eigenvalue weighted by Crippen LogP contribution is 2.17. The summed E-state index contributed by atoms with van der Waals surface area (Å²) in [5.41, 5.74) is 0. The second kappa shape index (κ2) is 54.5. The first kappa shape index (κ1) is 62.9. The molecule has 65 heavy (non-hydrogen) atoms. The van der Waals surface area contributed by atoms with Crippen molar-refractivity contribution in [2.24, 2.45) is 0 Å². The molecule has 0 aliphatic carbocycles. The van der Waals surface area contributed by atoms with Crippen molar-refractivity contribution in [1.82, 2.24) is 0 Å². The molecule has 0 aliphatic heterocycles. The molecule has 0 amide bonds. The zero-order valence-corrected chi connectivity index (χ0v) is 43.8. The van der Waals surface area contributed by atoms with Crippen LogP contribution in [0.3, 0.4) is 0 Å². The van der Waals surface area contributed by atoms with E-state index >= 15 is 0 Å². The predicted molar refractivity (Wildman–Crippen MR) is 279 cm³/mol. The Morgan fingerprint density at radius 2 is 0.554 bits per heavy atom. The van der Waals surface area contributed by atoms with Crippen LogP contribution in [0.4, 0.5) is 0 Å². The van der Waals surface area contributed by atoms with Gasteiger partial charge in [-0.15, -0.1) is 0 Å². The van der Waals surface area contributed by atoms with Gasteiger partial charge in [-0.3, -0.25) is 14.4 Å². The van der Waals surface area contributed by atoms with Crippen molar-refractivity contribution in [1.29, 1.82) is 0 Å². The van der Waals surface area contributed by atoms with E-state index in [1.54, 1.807) is 0 Å². The molecule has 0 spiro atoms. The van der Waals surface area contributed by atoms with Crippen molar-refractivity contribution in [3.63, 3.8) is 0 Å². The van der Waals surface area contributed by atoms with Gasteiger partial charge in [0.05, 0.1) is 0 Å². The summed E-state index contributed by atoms with van der Waals surface area (Å²) in [7, 11) is 0. The fourth-order valence-electron chi connectivity index (χ4n) is 8.59. The number of carbonyl (C=O) groups excluding carboxylic acids is 3. The van der Waals surface area contributed by atoms with Crippen molar-refractivity contribution >= 4 is 17.9 Å². The van der Waals surface area contributed by atoms with Crippen LogP contribution in [-0.4, -0.2) is 37.2 Å². The summed E-state index contributed by atoms with van der Waals surface area (Å²) >= 11 is 0. The van der Waals surface area contributed by atoms with E-state index in [0.717, 1.165) is 77.0 Å². The Bertz CT molecular complexity index is 1050. The third-order valence-corrected chi connectivity index (χ3v) is 13.0. The summed E-state index contributed by atoms with van der Waals surface area (Å²) < 4.78 is 16.9. The summed E-state index contributed by atoms with van der Waals surface area (Å²) in [6.07, 6.45) is 63.1. The third-order valence-electron chi connectivity index (χ3n) is 13.0. The fourth-order valence-corrected chi connectivity index (χ4v) is 8.59. The first-order valence-corrected chi connectivity index (χ1v) is 28.8. The molecular formula is C59H110O6. The summed E-state index contributed by atoms with van der Waals surface area (Å²) in [6, 6.07) is 0. The minimum absolute atomic E-state index is 0.0715. The van der Waals surface area contributed by atoms with E-state index < -0.39 is 6.10 Å². The molecule has 6 heteroatoms. The van der Waals surface area contributed by atoms with Crippen LogP contribution in [0, 0.1) is 0 Å². The van der Waals surface area contributed by atoms with Crippen LogP contribution in [0.25, 0.3) is 0 Å². The Morgan fingerprint density at radius 1 is 0.308 bits per heavy atom. The zero-order chi connectivity index (χ0) is 47.2. The molecule has 0 heterocycles. The maximum absolute atomic E-state index is 12.8. The minimum atomic E-state index is -0.773. The number of ether oxygens (including phenoxy) is 3. The van der Waals surface area contributed by atoms with Crippen LogP contribution < -0.4 is 0 Å². The highest BCUT2D eigenvalue weighted by atomic mass is 16.6. The third kappa shape index (κ3) is 52.7. The van der Waals surface area contributed by atoms with Gasteiger partial charge in [0.15, 0.2) is 6.10 Å². The van der Waals surface area contributed by atoms with Crippen LogP contribution in [0.5, 0.6) is 0 Å². The molecule has 0 rings (SSSR count). The molecule has 0 N–H and O–H groups in total. The van der Waals surface area contributed by atoms with E-state index in [1.165, 1.54) is 199 Å². The lowest BCUT2D eigenvalue weighted by molar-refractivity contribution is -0.167. The molecule has 0 bridgehead atoms. The minimum Gasteiger partial charge on any atom is -0.462 e. The summed E-state index contributed by atoms with van der Waals surface area (Å²) in [4.78, 5) is 38.1. The quantitative estimate of drug-likeness (QED) is 0.0262. The Balaban J connectivity index is 4.31. The van der Waals surface area contributed by atoms with Crippen molar-refractivity contribution in [3.05, 3.63) is 24.3 Å². The number of carbonyl (C=O) groups is 3. The van der Waals surface area contributed by atoms with E-state index in [2.05, 4.69) is 45.1 Å². The molecule has 0 aromatic rings. The van der Waals surface area contributed by atoms with Gasteiger partial charge in [-0.1, -0.05) is 270 Å². The van der Waals surface area contributed by atoms with Gasteiger partial charge in [0.1, 0.15) is 13.2 Å². The molecule has 0 fully saturated rings.